The van der Waals surface area contributed by atoms with E-state index in [1.807, 2.05) is 12.1 Å². The molecule has 0 bridgehead atoms. The van der Waals surface area contributed by atoms with Crippen LogP contribution >= 0.6 is 11.6 Å². The minimum Gasteiger partial charge on any atom is -0.408 e. The summed E-state index contributed by atoms with van der Waals surface area (Å²) in [7, 11) is -3.71. The Kier molecular flexibility index (Phi) is 5.27. The second-order valence-electron chi connectivity index (χ2n) is 6.37. The number of benzene rings is 2. The van der Waals surface area contributed by atoms with E-state index in [0.29, 0.717) is 23.5 Å². The van der Waals surface area contributed by atoms with Crippen LogP contribution in [0.4, 0.5) is 5.69 Å². The number of halogens is 1. The summed E-state index contributed by atoms with van der Waals surface area (Å²) in [6.45, 7) is 0.815. The number of sulfonamides is 1. The third-order valence-electron chi connectivity index (χ3n) is 4.37. The zero-order valence-electron chi connectivity index (χ0n) is 15.1. The van der Waals surface area contributed by atoms with Gasteiger partial charge in [0.2, 0.25) is 10.0 Å². The number of rotatable bonds is 7. The highest BCUT2D eigenvalue weighted by molar-refractivity contribution is 7.89. The lowest BCUT2D eigenvalue weighted by atomic mass is 10.2. The highest BCUT2D eigenvalue weighted by Crippen LogP contribution is 2.24. The number of hydrogen-bond acceptors (Lipinski definition) is 6. The lowest BCUT2D eigenvalue weighted by Crippen LogP contribution is -2.26. The van der Waals surface area contributed by atoms with Crippen LogP contribution in [0, 0.1) is 0 Å². The first-order valence-electron chi connectivity index (χ1n) is 8.83. The highest BCUT2D eigenvalue weighted by atomic mass is 35.5. The summed E-state index contributed by atoms with van der Waals surface area (Å²) in [5.74, 6) is -0.625. The van der Waals surface area contributed by atoms with E-state index in [4.69, 9.17) is 16.0 Å². The summed E-state index contributed by atoms with van der Waals surface area (Å²) in [5.41, 5.74) is 2.34. The van der Waals surface area contributed by atoms with Gasteiger partial charge in [0, 0.05) is 41.4 Å². The van der Waals surface area contributed by atoms with Crippen LogP contribution in [0.25, 0.3) is 22.0 Å². The van der Waals surface area contributed by atoms with Gasteiger partial charge in [-0.2, -0.15) is 0 Å². The average molecular weight is 433 g/mol. The molecular weight excluding hydrogens is 416 g/mol. The van der Waals surface area contributed by atoms with Crippen molar-refractivity contribution in [1.82, 2.24) is 14.7 Å². The third kappa shape index (κ3) is 4.26. The number of nitrogens with zero attached hydrogens (tertiary/aromatic N) is 1. The van der Waals surface area contributed by atoms with Gasteiger partial charge in [0.15, 0.2) is 5.58 Å². The molecule has 0 amide bonds. The van der Waals surface area contributed by atoms with Crippen molar-refractivity contribution < 1.29 is 12.8 Å². The van der Waals surface area contributed by atoms with Crippen LogP contribution in [0.2, 0.25) is 5.02 Å². The molecule has 0 aliphatic rings. The Bertz CT molecular complexity index is 1350. The van der Waals surface area contributed by atoms with E-state index in [9.17, 15) is 13.2 Å². The van der Waals surface area contributed by atoms with Gasteiger partial charge in [0.05, 0.1) is 15.9 Å². The minimum absolute atomic E-state index is 0.0396. The fourth-order valence-electron chi connectivity index (χ4n) is 2.97. The number of aromatic nitrogens is 2. The molecule has 4 aromatic rings. The summed E-state index contributed by atoms with van der Waals surface area (Å²) < 4.78 is 32.3. The normalized spacial score (nSPS) is 11.9. The van der Waals surface area contributed by atoms with Crippen molar-refractivity contribution in [3.8, 4) is 0 Å². The lowest BCUT2D eigenvalue weighted by Gasteiger charge is -2.10. The smallest absolute Gasteiger partial charge is 0.408 e. The lowest BCUT2D eigenvalue weighted by molar-refractivity contribution is 0.553. The van der Waals surface area contributed by atoms with Crippen molar-refractivity contribution in [1.29, 1.82) is 0 Å². The van der Waals surface area contributed by atoms with Gasteiger partial charge >= 0.3 is 5.76 Å². The van der Waals surface area contributed by atoms with Gasteiger partial charge in [0.25, 0.3) is 0 Å². The van der Waals surface area contributed by atoms with Gasteiger partial charge in [-0.3, -0.25) is 9.97 Å². The van der Waals surface area contributed by atoms with Crippen molar-refractivity contribution in [2.75, 3.05) is 18.4 Å². The summed E-state index contributed by atoms with van der Waals surface area (Å²) in [5, 5.41) is 4.85. The van der Waals surface area contributed by atoms with Crippen molar-refractivity contribution in [3.63, 3.8) is 0 Å². The van der Waals surface area contributed by atoms with Gasteiger partial charge in [-0.15, -0.1) is 0 Å². The maximum Gasteiger partial charge on any atom is 0.417 e. The van der Waals surface area contributed by atoms with Gasteiger partial charge in [-0.1, -0.05) is 11.6 Å². The van der Waals surface area contributed by atoms with Crippen molar-refractivity contribution in [2.24, 2.45) is 0 Å². The molecule has 0 saturated heterocycles. The van der Waals surface area contributed by atoms with Crippen LogP contribution in [-0.4, -0.2) is 31.5 Å². The van der Waals surface area contributed by atoms with E-state index < -0.39 is 15.8 Å². The summed E-state index contributed by atoms with van der Waals surface area (Å²) in [4.78, 5) is 18.0. The Hall–Kier alpha value is -2.88. The van der Waals surface area contributed by atoms with Crippen molar-refractivity contribution in [2.45, 2.75) is 11.3 Å². The number of H-pyrrole nitrogens is 1. The van der Waals surface area contributed by atoms with E-state index in [1.165, 1.54) is 18.2 Å². The van der Waals surface area contributed by atoms with Crippen LogP contribution in [0.1, 0.15) is 6.42 Å². The second kappa shape index (κ2) is 7.86. The first-order chi connectivity index (χ1) is 13.9. The number of hydrogen-bond donors (Lipinski definition) is 3. The number of pyridine rings is 1. The molecule has 2 heterocycles. The molecule has 29 heavy (non-hydrogen) atoms. The molecule has 0 aliphatic carbocycles. The van der Waals surface area contributed by atoms with Crippen LogP contribution in [0.5, 0.6) is 0 Å². The van der Waals surface area contributed by atoms with E-state index >= 15 is 0 Å². The maximum atomic E-state index is 12.4. The average Bonchev–Trinajstić information content (AvgIpc) is 3.06. The molecule has 8 nitrogen and oxygen atoms in total. The fourth-order valence-corrected chi connectivity index (χ4v) is 4.23. The number of aromatic amines is 1. The predicted molar refractivity (Wildman–Crippen MR) is 112 cm³/mol. The zero-order valence-corrected chi connectivity index (χ0v) is 16.7. The molecule has 0 spiro atoms. The fraction of sp³-hybridized carbons (Fsp3) is 0.158. The molecular formula is C19H17ClN4O4S. The Morgan fingerprint density at radius 2 is 1.97 bits per heavy atom. The summed E-state index contributed by atoms with van der Waals surface area (Å²) >= 11 is 5.99. The first-order valence-corrected chi connectivity index (χ1v) is 10.7. The summed E-state index contributed by atoms with van der Waals surface area (Å²) in [6.07, 6.45) is 2.26. The van der Waals surface area contributed by atoms with E-state index in [-0.39, 0.29) is 17.0 Å². The van der Waals surface area contributed by atoms with Crippen molar-refractivity contribution in [3.05, 3.63) is 64.2 Å². The van der Waals surface area contributed by atoms with E-state index in [1.54, 1.807) is 18.3 Å². The molecule has 0 radical (unpaired) electrons. The van der Waals surface area contributed by atoms with Crippen LogP contribution in [0.3, 0.4) is 0 Å². The zero-order chi connectivity index (χ0) is 20.4. The second-order valence-corrected chi connectivity index (χ2v) is 8.57. The Morgan fingerprint density at radius 3 is 2.83 bits per heavy atom. The standard InChI is InChI=1S/C19H17ClN4O4S/c20-12-2-4-14-15(6-9-22-17(14)10-12)21-7-1-8-23-29(26,27)13-3-5-16-18(11-13)28-19(25)24-16/h2-6,9-11,23H,1,7-8H2,(H,21,22)(H,24,25). The predicted octanol–water partition coefficient (Wildman–Crippen LogP) is 3.10. The van der Waals surface area contributed by atoms with E-state index in [0.717, 1.165) is 16.6 Å². The number of nitrogens with one attached hydrogen (secondary N) is 3. The van der Waals surface area contributed by atoms with Crippen LogP contribution in [0.15, 0.2) is 62.8 Å². The minimum atomic E-state index is -3.71. The largest absolute Gasteiger partial charge is 0.417 e. The van der Waals surface area contributed by atoms with Gasteiger partial charge in [-0.25, -0.2) is 17.9 Å². The Morgan fingerprint density at radius 1 is 1.10 bits per heavy atom. The topological polar surface area (TPSA) is 117 Å². The molecule has 150 valence electrons. The third-order valence-corrected chi connectivity index (χ3v) is 6.06. The number of oxazole rings is 1. The number of fused-ring (bicyclic) bond motifs is 2. The SMILES string of the molecule is O=c1[nH]c2ccc(S(=O)(=O)NCCCNc3ccnc4cc(Cl)ccc34)cc2o1. The molecule has 0 aliphatic heterocycles. The molecule has 4 rings (SSSR count). The highest BCUT2D eigenvalue weighted by Gasteiger charge is 2.15. The van der Waals surface area contributed by atoms with Gasteiger partial charge < -0.3 is 9.73 Å². The molecule has 10 heteroatoms. The van der Waals surface area contributed by atoms with Crippen molar-refractivity contribution >= 4 is 49.3 Å². The monoisotopic (exact) mass is 432 g/mol. The molecule has 0 fully saturated rings. The Labute approximate surface area is 171 Å². The quantitative estimate of drug-likeness (QED) is 0.386. The first kappa shape index (κ1) is 19.4. The molecule has 0 atom stereocenters. The molecule has 2 aromatic carbocycles. The summed E-state index contributed by atoms with van der Waals surface area (Å²) in [6, 6.07) is 11.6. The molecule has 2 aromatic heterocycles. The maximum absolute atomic E-state index is 12.4. The Balaban J connectivity index is 1.35. The molecule has 3 N–H and O–H groups in total. The molecule has 0 unspecified atom stereocenters. The van der Waals surface area contributed by atoms with E-state index in [2.05, 4.69) is 20.0 Å². The number of anilines is 1. The van der Waals surface area contributed by atoms with Crippen LogP contribution < -0.4 is 15.8 Å². The van der Waals surface area contributed by atoms with Gasteiger partial charge in [0.1, 0.15) is 0 Å². The molecule has 0 saturated carbocycles. The van der Waals surface area contributed by atoms with Crippen LogP contribution in [-0.2, 0) is 10.0 Å². The van der Waals surface area contributed by atoms with Gasteiger partial charge in [-0.05, 0) is 42.8 Å².